The van der Waals surface area contributed by atoms with E-state index < -0.39 is 0 Å². The second kappa shape index (κ2) is 6.27. The lowest BCUT2D eigenvalue weighted by Crippen LogP contribution is -2.17. The zero-order chi connectivity index (χ0) is 10.2. The monoisotopic (exact) mass is 191 g/mol. The molecular weight excluding hydrogens is 174 g/mol. The third-order valence-corrected chi connectivity index (χ3v) is 1.83. The Kier molecular flexibility index (Phi) is 4.86. The molecule has 0 amide bonds. The van der Waals surface area contributed by atoms with Crippen LogP contribution in [0.4, 0.5) is 0 Å². The standard InChI is InChI=1S/C6H8N2.C5H9N/c1-5-3-4-7-6(2)8-5;1-2-4-6-5-3-1/h3-4H,1-2H3;1-2,6H,3-5H2. The average Bonchev–Trinajstić information content (AvgIpc) is 2.21. The first kappa shape index (κ1) is 10.9. The molecule has 0 bridgehead atoms. The van der Waals surface area contributed by atoms with Gasteiger partial charge in [-0.3, -0.25) is 0 Å². The normalized spacial score (nSPS) is 14.4. The number of rotatable bonds is 0. The van der Waals surface area contributed by atoms with Crippen LogP contribution < -0.4 is 5.32 Å². The van der Waals surface area contributed by atoms with E-state index in [-0.39, 0.29) is 0 Å². The minimum Gasteiger partial charge on any atom is -0.313 e. The van der Waals surface area contributed by atoms with Crippen molar-refractivity contribution in [3.63, 3.8) is 0 Å². The molecule has 0 saturated heterocycles. The van der Waals surface area contributed by atoms with Crippen LogP contribution in [0.25, 0.3) is 0 Å². The van der Waals surface area contributed by atoms with Crippen molar-refractivity contribution in [2.24, 2.45) is 0 Å². The number of nitrogens with one attached hydrogen (secondary N) is 1. The SMILES string of the molecule is C1=CCNCC1.Cc1ccnc(C)n1. The van der Waals surface area contributed by atoms with Crippen LogP contribution in [0.2, 0.25) is 0 Å². The summed E-state index contributed by atoms with van der Waals surface area (Å²) in [6, 6.07) is 1.88. The van der Waals surface area contributed by atoms with Gasteiger partial charge in [0, 0.05) is 18.4 Å². The van der Waals surface area contributed by atoms with Gasteiger partial charge in [0.1, 0.15) is 5.82 Å². The zero-order valence-corrected chi connectivity index (χ0v) is 8.83. The molecular formula is C11H17N3. The minimum absolute atomic E-state index is 0.838. The number of hydrogen-bond acceptors (Lipinski definition) is 3. The van der Waals surface area contributed by atoms with Crippen LogP contribution in [0.5, 0.6) is 0 Å². The zero-order valence-electron chi connectivity index (χ0n) is 8.83. The number of aromatic nitrogens is 2. The summed E-state index contributed by atoms with van der Waals surface area (Å²) in [4.78, 5) is 7.99. The lowest BCUT2D eigenvalue weighted by atomic mass is 10.3. The molecule has 2 heterocycles. The summed E-state index contributed by atoms with van der Waals surface area (Å²) in [6.45, 7) is 6.07. The highest BCUT2D eigenvalue weighted by Gasteiger charge is 1.84. The van der Waals surface area contributed by atoms with Gasteiger partial charge in [0.25, 0.3) is 0 Å². The van der Waals surface area contributed by atoms with Crippen molar-refractivity contribution in [2.45, 2.75) is 20.3 Å². The fraction of sp³-hybridized carbons (Fsp3) is 0.455. The van der Waals surface area contributed by atoms with Crippen LogP contribution in [-0.4, -0.2) is 23.1 Å². The van der Waals surface area contributed by atoms with Gasteiger partial charge in [-0.1, -0.05) is 12.2 Å². The molecule has 0 saturated carbocycles. The highest BCUT2D eigenvalue weighted by Crippen LogP contribution is 1.88. The van der Waals surface area contributed by atoms with Crippen molar-refractivity contribution in [1.82, 2.24) is 15.3 Å². The van der Waals surface area contributed by atoms with Gasteiger partial charge in [-0.25, -0.2) is 9.97 Å². The summed E-state index contributed by atoms with van der Waals surface area (Å²) in [7, 11) is 0. The second-order valence-electron chi connectivity index (χ2n) is 3.21. The van der Waals surface area contributed by atoms with E-state index in [4.69, 9.17) is 0 Å². The Morgan fingerprint density at radius 1 is 1.29 bits per heavy atom. The molecule has 2 rings (SSSR count). The fourth-order valence-electron chi connectivity index (χ4n) is 1.15. The maximum absolute atomic E-state index is 4.06. The van der Waals surface area contributed by atoms with Crippen molar-refractivity contribution < 1.29 is 0 Å². The van der Waals surface area contributed by atoms with Crippen molar-refractivity contribution in [1.29, 1.82) is 0 Å². The first-order chi connectivity index (χ1) is 6.79. The summed E-state index contributed by atoms with van der Waals surface area (Å²) < 4.78 is 0. The van der Waals surface area contributed by atoms with Gasteiger partial charge < -0.3 is 5.32 Å². The van der Waals surface area contributed by atoms with Gasteiger partial charge in [0.2, 0.25) is 0 Å². The molecule has 1 aliphatic heterocycles. The van der Waals surface area contributed by atoms with Crippen LogP contribution in [-0.2, 0) is 0 Å². The summed E-state index contributed by atoms with van der Waals surface area (Å²) in [6.07, 6.45) is 7.33. The predicted octanol–water partition coefficient (Wildman–Crippen LogP) is 1.63. The lowest BCUT2D eigenvalue weighted by Gasteiger charge is -2.01. The van der Waals surface area contributed by atoms with Gasteiger partial charge >= 0.3 is 0 Å². The summed E-state index contributed by atoms with van der Waals surface area (Å²) >= 11 is 0. The van der Waals surface area contributed by atoms with E-state index in [2.05, 4.69) is 27.4 Å². The van der Waals surface area contributed by atoms with E-state index in [1.807, 2.05) is 19.9 Å². The molecule has 1 aromatic rings. The Morgan fingerprint density at radius 3 is 2.43 bits per heavy atom. The first-order valence-corrected chi connectivity index (χ1v) is 4.91. The van der Waals surface area contributed by atoms with Crippen molar-refractivity contribution >= 4 is 0 Å². The maximum Gasteiger partial charge on any atom is 0.125 e. The molecule has 1 N–H and O–H groups in total. The lowest BCUT2D eigenvalue weighted by molar-refractivity contribution is 0.728. The number of hydrogen-bond donors (Lipinski definition) is 1. The fourth-order valence-corrected chi connectivity index (χ4v) is 1.15. The highest BCUT2D eigenvalue weighted by molar-refractivity contribution is 4.97. The maximum atomic E-state index is 4.06. The molecule has 1 aromatic heterocycles. The molecule has 3 nitrogen and oxygen atoms in total. The molecule has 0 atom stereocenters. The Hall–Kier alpha value is -1.22. The Bertz CT molecular complexity index is 269. The molecule has 0 aromatic carbocycles. The van der Waals surface area contributed by atoms with E-state index >= 15 is 0 Å². The molecule has 76 valence electrons. The van der Waals surface area contributed by atoms with Crippen LogP contribution in [0, 0.1) is 13.8 Å². The molecule has 0 unspecified atom stereocenters. The summed E-state index contributed by atoms with van der Waals surface area (Å²) in [5, 5.41) is 3.20. The molecule has 3 heteroatoms. The first-order valence-electron chi connectivity index (χ1n) is 4.91. The van der Waals surface area contributed by atoms with Crippen LogP contribution in [0.15, 0.2) is 24.4 Å². The molecule has 0 radical (unpaired) electrons. The predicted molar refractivity (Wildman–Crippen MR) is 58.1 cm³/mol. The quantitative estimate of drug-likeness (QED) is 0.633. The van der Waals surface area contributed by atoms with Gasteiger partial charge in [-0.2, -0.15) is 0 Å². The van der Waals surface area contributed by atoms with Crippen molar-refractivity contribution in [3.05, 3.63) is 35.9 Å². The van der Waals surface area contributed by atoms with Crippen LogP contribution >= 0.6 is 0 Å². The van der Waals surface area contributed by atoms with E-state index in [0.717, 1.165) is 24.6 Å². The number of nitrogens with zero attached hydrogens (tertiary/aromatic N) is 2. The third kappa shape index (κ3) is 4.72. The molecule has 0 fully saturated rings. The van der Waals surface area contributed by atoms with Crippen LogP contribution in [0.3, 0.4) is 0 Å². The van der Waals surface area contributed by atoms with Gasteiger partial charge in [0.15, 0.2) is 0 Å². The van der Waals surface area contributed by atoms with E-state index in [1.165, 1.54) is 6.42 Å². The molecule has 0 aliphatic carbocycles. The number of aryl methyl sites for hydroxylation is 2. The van der Waals surface area contributed by atoms with Gasteiger partial charge in [-0.05, 0) is 32.9 Å². The van der Waals surface area contributed by atoms with E-state index in [9.17, 15) is 0 Å². The van der Waals surface area contributed by atoms with Gasteiger partial charge in [-0.15, -0.1) is 0 Å². The summed E-state index contributed by atoms with van der Waals surface area (Å²) in [5.41, 5.74) is 1.03. The van der Waals surface area contributed by atoms with E-state index in [0.29, 0.717) is 0 Å². The van der Waals surface area contributed by atoms with Crippen LogP contribution in [0.1, 0.15) is 17.9 Å². The summed E-state index contributed by atoms with van der Waals surface area (Å²) in [5.74, 6) is 0.838. The Balaban J connectivity index is 0.000000146. The van der Waals surface area contributed by atoms with Crippen molar-refractivity contribution in [2.75, 3.05) is 13.1 Å². The second-order valence-corrected chi connectivity index (χ2v) is 3.21. The molecule has 1 aliphatic rings. The largest absolute Gasteiger partial charge is 0.313 e. The highest BCUT2D eigenvalue weighted by atomic mass is 14.9. The van der Waals surface area contributed by atoms with Gasteiger partial charge in [0.05, 0.1) is 0 Å². The molecule has 14 heavy (non-hydrogen) atoms. The van der Waals surface area contributed by atoms with E-state index in [1.54, 1.807) is 6.20 Å². The van der Waals surface area contributed by atoms with Crippen molar-refractivity contribution in [3.8, 4) is 0 Å². The minimum atomic E-state index is 0.838. The topological polar surface area (TPSA) is 37.8 Å². The smallest absolute Gasteiger partial charge is 0.125 e. The molecule has 0 spiro atoms. The Morgan fingerprint density at radius 2 is 2.14 bits per heavy atom. The Labute approximate surface area is 85.3 Å². The third-order valence-electron chi connectivity index (χ3n) is 1.83. The average molecular weight is 191 g/mol.